The van der Waals surface area contributed by atoms with Gasteiger partial charge in [-0.1, -0.05) is 18.2 Å². The lowest BCUT2D eigenvalue weighted by atomic mass is 9.96. The van der Waals surface area contributed by atoms with Crippen LogP contribution in [0.3, 0.4) is 0 Å². The summed E-state index contributed by atoms with van der Waals surface area (Å²) in [7, 11) is 0. The molecule has 7 heteroatoms. The highest BCUT2D eigenvalue weighted by Gasteiger charge is 2.26. The summed E-state index contributed by atoms with van der Waals surface area (Å²) in [6, 6.07) is 12.7. The summed E-state index contributed by atoms with van der Waals surface area (Å²) >= 11 is 3.19. The second-order valence-corrected chi connectivity index (χ2v) is 7.48. The molecule has 27 heavy (non-hydrogen) atoms. The van der Waals surface area contributed by atoms with Gasteiger partial charge in [-0.25, -0.2) is 0 Å². The number of nitrogens with one attached hydrogen (secondary N) is 1. The van der Waals surface area contributed by atoms with Crippen molar-refractivity contribution in [2.45, 2.75) is 12.8 Å². The number of hydrogen-bond donors (Lipinski definition) is 1. The number of fused-ring (bicyclic) bond motifs is 1. The van der Waals surface area contributed by atoms with Crippen molar-refractivity contribution in [2.75, 3.05) is 19.6 Å². The lowest BCUT2D eigenvalue weighted by Crippen LogP contribution is -2.41. The number of furan rings is 2. The molecule has 0 atom stereocenters. The first-order valence-electron chi connectivity index (χ1n) is 8.91. The van der Waals surface area contributed by atoms with Crippen LogP contribution in [0.15, 0.2) is 56.0 Å². The fraction of sp³-hybridized carbons (Fsp3) is 0.300. The molecule has 6 nitrogen and oxygen atoms in total. The second kappa shape index (κ2) is 7.60. The molecule has 1 aliphatic rings. The van der Waals surface area contributed by atoms with Crippen LogP contribution in [-0.2, 0) is 0 Å². The van der Waals surface area contributed by atoms with E-state index in [2.05, 4.69) is 21.2 Å². The van der Waals surface area contributed by atoms with Crippen molar-refractivity contribution >= 4 is 38.7 Å². The molecule has 1 N–H and O–H groups in total. The van der Waals surface area contributed by atoms with Gasteiger partial charge < -0.3 is 19.1 Å². The van der Waals surface area contributed by atoms with Gasteiger partial charge in [0.05, 0.1) is 0 Å². The summed E-state index contributed by atoms with van der Waals surface area (Å²) in [6.45, 7) is 1.88. The summed E-state index contributed by atoms with van der Waals surface area (Å²) in [5.41, 5.74) is 0.725. The van der Waals surface area contributed by atoms with E-state index in [1.165, 1.54) is 0 Å². The molecule has 0 aliphatic carbocycles. The Morgan fingerprint density at radius 1 is 1.07 bits per heavy atom. The van der Waals surface area contributed by atoms with Gasteiger partial charge in [0.15, 0.2) is 16.2 Å². The number of rotatable bonds is 4. The first-order valence-corrected chi connectivity index (χ1v) is 9.71. The Balaban J connectivity index is 1.29. The third kappa shape index (κ3) is 3.93. The molecule has 3 heterocycles. The van der Waals surface area contributed by atoms with Crippen LogP contribution >= 0.6 is 15.9 Å². The van der Waals surface area contributed by atoms with Gasteiger partial charge in [0.1, 0.15) is 5.58 Å². The van der Waals surface area contributed by atoms with Gasteiger partial charge in [-0.3, -0.25) is 9.59 Å². The minimum absolute atomic E-state index is 0.0749. The van der Waals surface area contributed by atoms with E-state index in [0.717, 1.165) is 23.8 Å². The van der Waals surface area contributed by atoms with Crippen molar-refractivity contribution in [3.63, 3.8) is 0 Å². The largest absolute Gasteiger partial charge is 0.451 e. The quantitative estimate of drug-likeness (QED) is 0.676. The van der Waals surface area contributed by atoms with Crippen LogP contribution in [0.4, 0.5) is 0 Å². The summed E-state index contributed by atoms with van der Waals surface area (Å²) < 4.78 is 11.5. The number of piperidine rings is 1. The maximum absolute atomic E-state index is 12.7. The zero-order valence-electron chi connectivity index (χ0n) is 14.6. The predicted octanol–water partition coefficient (Wildman–Crippen LogP) is 4.07. The van der Waals surface area contributed by atoms with Crippen molar-refractivity contribution in [1.82, 2.24) is 10.2 Å². The van der Waals surface area contributed by atoms with E-state index in [9.17, 15) is 9.59 Å². The smallest absolute Gasteiger partial charge is 0.289 e. The lowest BCUT2D eigenvalue weighted by molar-refractivity contribution is 0.0655. The van der Waals surface area contributed by atoms with E-state index >= 15 is 0 Å². The van der Waals surface area contributed by atoms with Gasteiger partial charge in [-0.15, -0.1) is 0 Å². The van der Waals surface area contributed by atoms with Crippen molar-refractivity contribution < 1.29 is 18.4 Å². The topological polar surface area (TPSA) is 75.7 Å². The molecule has 0 spiro atoms. The average molecular weight is 431 g/mol. The van der Waals surface area contributed by atoms with Crippen molar-refractivity contribution in [3.8, 4) is 0 Å². The van der Waals surface area contributed by atoms with Crippen LogP contribution in [0.2, 0.25) is 0 Å². The van der Waals surface area contributed by atoms with Crippen molar-refractivity contribution in [3.05, 3.63) is 58.7 Å². The predicted molar refractivity (Wildman–Crippen MR) is 104 cm³/mol. The number of halogens is 1. The number of nitrogens with zero attached hydrogens (tertiary/aromatic N) is 1. The number of carbonyl (C=O) groups excluding carboxylic acids is 2. The van der Waals surface area contributed by atoms with Crippen molar-refractivity contribution in [1.29, 1.82) is 0 Å². The maximum Gasteiger partial charge on any atom is 0.289 e. The third-order valence-electron chi connectivity index (χ3n) is 4.89. The summed E-state index contributed by atoms with van der Waals surface area (Å²) in [6.07, 6.45) is 1.68. The molecule has 0 saturated carbocycles. The number of carbonyl (C=O) groups is 2. The molecule has 4 rings (SSSR count). The molecule has 1 aliphatic heterocycles. The van der Waals surface area contributed by atoms with Gasteiger partial charge >= 0.3 is 0 Å². The molecule has 140 valence electrons. The van der Waals surface area contributed by atoms with Crippen LogP contribution in [0, 0.1) is 5.92 Å². The van der Waals surface area contributed by atoms with E-state index in [1.54, 1.807) is 18.2 Å². The Morgan fingerprint density at radius 2 is 1.85 bits per heavy atom. The molecule has 3 aromatic rings. The normalized spacial score (nSPS) is 15.2. The maximum atomic E-state index is 12.7. The van der Waals surface area contributed by atoms with Gasteiger partial charge in [-0.2, -0.15) is 0 Å². The number of amides is 2. The van der Waals surface area contributed by atoms with Gasteiger partial charge in [0.2, 0.25) is 0 Å². The fourth-order valence-corrected chi connectivity index (χ4v) is 3.65. The first-order chi connectivity index (χ1) is 13.1. The molecule has 0 unspecified atom stereocenters. The second-order valence-electron chi connectivity index (χ2n) is 6.70. The standard InChI is InChI=1S/C20H19BrN2O4/c21-18-6-5-16(27-18)19(24)22-12-13-7-9-23(10-8-13)20(25)17-11-14-3-1-2-4-15(14)26-17/h1-6,11,13H,7-10,12H2,(H,22,24). The van der Waals surface area contributed by atoms with Gasteiger partial charge in [0, 0.05) is 25.0 Å². The van der Waals surface area contributed by atoms with E-state index < -0.39 is 0 Å². The van der Waals surface area contributed by atoms with E-state index in [1.807, 2.05) is 29.2 Å². The zero-order valence-corrected chi connectivity index (χ0v) is 16.2. The highest BCUT2D eigenvalue weighted by Crippen LogP contribution is 2.23. The average Bonchev–Trinajstić information content (AvgIpc) is 3.32. The minimum Gasteiger partial charge on any atom is -0.451 e. The van der Waals surface area contributed by atoms with Crippen LogP contribution < -0.4 is 5.32 Å². The number of benzene rings is 1. The van der Waals surface area contributed by atoms with E-state index in [4.69, 9.17) is 8.83 Å². The summed E-state index contributed by atoms with van der Waals surface area (Å²) in [4.78, 5) is 26.5. The summed E-state index contributed by atoms with van der Waals surface area (Å²) in [5.74, 6) is 0.716. The molecule has 2 amide bonds. The van der Waals surface area contributed by atoms with Crippen molar-refractivity contribution in [2.24, 2.45) is 5.92 Å². The Hall–Kier alpha value is -2.54. The van der Waals surface area contributed by atoms with Crippen LogP contribution in [0.1, 0.15) is 34.0 Å². The van der Waals surface area contributed by atoms with E-state index in [0.29, 0.717) is 41.7 Å². The molecule has 1 aromatic carbocycles. The van der Waals surface area contributed by atoms with Crippen LogP contribution in [-0.4, -0.2) is 36.3 Å². The summed E-state index contributed by atoms with van der Waals surface area (Å²) in [5, 5.41) is 3.83. The Bertz CT molecular complexity index is 936. The zero-order chi connectivity index (χ0) is 18.8. The highest BCUT2D eigenvalue weighted by molar-refractivity contribution is 9.10. The Labute approximate surface area is 164 Å². The fourth-order valence-electron chi connectivity index (χ4n) is 3.34. The Kier molecular flexibility index (Phi) is 5.03. The molecule has 1 fully saturated rings. The SMILES string of the molecule is O=C(NCC1CCN(C(=O)c2cc3ccccc3o2)CC1)c1ccc(Br)o1. The molecular weight excluding hydrogens is 412 g/mol. The minimum atomic E-state index is -0.221. The molecule has 1 saturated heterocycles. The van der Waals surface area contributed by atoms with Crippen LogP contribution in [0.25, 0.3) is 11.0 Å². The first kappa shape index (κ1) is 17.9. The van der Waals surface area contributed by atoms with E-state index in [-0.39, 0.29) is 11.8 Å². The third-order valence-corrected chi connectivity index (χ3v) is 5.31. The molecule has 2 aromatic heterocycles. The molecule has 0 radical (unpaired) electrons. The monoisotopic (exact) mass is 430 g/mol. The Morgan fingerprint density at radius 3 is 2.56 bits per heavy atom. The molecule has 0 bridgehead atoms. The number of para-hydroxylation sites is 1. The lowest BCUT2D eigenvalue weighted by Gasteiger charge is -2.31. The van der Waals surface area contributed by atoms with Gasteiger partial charge in [0.25, 0.3) is 11.8 Å². The number of likely N-dealkylation sites (tertiary alicyclic amines) is 1. The number of hydrogen-bond acceptors (Lipinski definition) is 4. The molecular formula is C20H19BrN2O4. The highest BCUT2D eigenvalue weighted by atomic mass is 79.9. The van der Waals surface area contributed by atoms with Gasteiger partial charge in [-0.05, 0) is 59.0 Å². The van der Waals surface area contributed by atoms with Crippen LogP contribution in [0.5, 0.6) is 0 Å².